The smallest absolute Gasteiger partial charge is 0.264 e. The van der Waals surface area contributed by atoms with Crippen LogP contribution in [0.25, 0.3) is 11.1 Å². The molecule has 136 valence electrons. The van der Waals surface area contributed by atoms with E-state index in [1.165, 1.54) is 6.20 Å². The summed E-state index contributed by atoms with van der Waals surface area (Å²) in [5, 5.41) is 3.74. The molecule has 0 fully saturated rings. The van der Waals surface area contributed by atoms with Gasteiger partial charge in [0.15, 0.2) is 0 Å². The zero-order chi connectivity index (χ0) is 18.9. The van der Waals surface area contributed by atoms with E-state index in [-0.39, 0.29) is 10.8 Å². The maximum Gasteiger partial charge on any atom is 0.264 e. The Kier molecular flexibility index (Phi) is 4.73. The second kappa shape index (κ2) is 6.84. The summed E-state index contributed by atoms with van der Waals surface area (Å²) in [4.78, 5) is 0.169. The summed E-state index contributed by atoms with van der Waals surface area (Å²) in [7, 11) is -2.29. The van der Waals surface area contributed by atoms with Crippen LogP contribution in [-0.4, -0.2) is 20.7 Å². The SMILES string of the molecule is COc1cc(C)c(S(=O)(=O)Nc2oncc2-c2ccc(C)cc2)cc1C. The van der Waals surface area contributed by atoms with Gasteiger partial charge in [-0.3, -0.25) is 0 Å². The highest BCUT2D eigenvalue weighted by molar-refractivity contribution is 7.92. The molecule has 0 aliphatic heterocycles. The Hall–Kier alpha value is -2.80. The number of sulfonamides is 1. The summed E-state index contributed by atoms with van der Waals surface area (Å²) >= 11 is 0. The van der Waals surface area contributed by atoms with Gasteiger partial charge in [-0.25, -0.2) is 13.1 Å². The van der Waals surface area contributed by atoms with Gasteiger partial charge in [0, 0.05) is 0 Å². The van der Waals surface area contributed by atoms with Gasteiger partial charge in [-0.1, -0.05) is 35.0 Å². The molecule has 1 heterocycles. The number of hydrogen-bond acceptors (Lipinski definition) is 5. The molecule has 0 atom stereocenters. The van der Waals surface area contributed by atoms with Crippen molar-refractivity contribution < 1.29 is 17.7 Å². The molecule has 0 bridgehead atoms. The van der Waals surface area contributed by atoms with Crippen LogP contribution in [-0.2, 0) is 10.0 Å². The Bertz CT molecular complexity index is 1040. The Morgan fingerprint density at radius 2 is 1.73 bits per heavy atom. The molecule has 0 aliphatic rings. The number of nitrogens with zero attached hydrogens (tertiary/aromatic N) is 1. The van der Waals surface area contributed by atoms with E-state index in [4.69, 9.17) is 9.26 Å². The highest BCUT2D eigenvalue weighted by Gasteiger charge is 2.22. The Labute approximate surface area is 152 Å². The average Bonchev–Trinajstić information content (AvgIpc) is 3.04. The van der Waals surface area contributed by atoms with Crippen molar-refractivity contribution in [2.75, 3.05) is 11.8 Å². The number of rotatable bonds is 5. The summed E-state index contributed by atoms with van der Waals surface area (Å²) in [5.41, 5.74) is 3.82. The molecule has 0 amide bonds. The fourth-order valence-corrected chi connectivity index (χ4v) is 4.02. The first kappa shape index (κ1) is 18.0. The van der Waals surface area contributed by atoms with Gasteiger partial charge in [0.05, 0.1) is 23.8 Å². The van der Waals surface area contributed by atoms with E-state index in [1.807, 2.05) is 31.2 Å². The first-order valence-electron chi connectivity index (χ1n) is 8.01. The first-order chi connectivity index (χ1) is 12.3. The second-order valence-corrected chi connectivity index (χ2v) is 7.78. The minimum absolute atomic E-state index is 0.0849. The lowest BCUT2D eigenvalue weighted by molar-refractivity contribution is 0.411. The molecular weight excluding hydrogens is 352 g/mol. The Morgan fingerprint density at radius 3 is 2.38 bits per heavy atom. The van der Waals surface area contributed by atoms with E-state index in [0.29, 0.717) is 16.9 Å². The number of benzene rings is 2. The van der Waals surface area contributed by atoms with Crippen LogP contribution in [0.15, 0.2) is 52.0 Å². The summed E-state index contributed by atoms with van der Waals surface area (Å²) in [6, 6.07) is 10.9. The number of anilines is 1. The van der Waals surface area contributed by atoms with Crippen molar-refractivity contribution in [3.63, 3.8) is 0 Å². The molecule has 2 aromatic carbocycles. The van der Waals surface area contributed by atoms with Crippen molar-refractivity contribution in [2.45, 2.75) is 25.7 Å². The molecule has 6 nitrogen and oxygen atoms in total. The van der Waals surface area contributed by atoms with Crippen molar-refractivity contribution in [1.29, 1.82) is 0 Å². The van der Waals surface area contributed by atoms with Crippen molar-refractivity contribution >= 4 is 15.9 Å². The van der Waals surface area contributed by atoms with Crippen LogP contribution in [0.5, 0.6) is 5.75 Å². The molecule has 0 saturated carbocycles. The van der Waals surface area contributed by atoms with Gasteiger partial charge in [-0.15, -0.1) is 0 Å². The van der Waals surface area contributed by atoms with Crippen LogP contribution < -0.4 is 9.46 Å². The van der Waals surface area contributed by atoms with E-state index < -0.39 is 10.0 Å². The predicted molar refractivity (Wildman–Crippen MR) is 100.0 cm³/mol. The van der Waals surface area contributed by atoms with Crippen LogP contribution in [0, 0.1) is 20.8 Å². The van der Waals surface area contributed by atoms with Gasteiger partial charge in [-0.05, 0) is 49.6 Å². The third-order valence-electron chi connectivity index (χ3n) is 4.14. The third-order valence-corrected chi connectivity index (χ3v) is 5.61. The molecule has 7 heteroatoms. The lowest BCUT2D eigenvalue weighted by atomic mass is 10.1. The van der Waals surface area contributed by atoms with Crippen LogP contribution in [0.2, 0.25) is 0 Å². The maximum atomic E-state index is 12.9. The molecule has 0 radical (unpaired) electrons. The fraction of sp³-hybridized carbons (Fsp3) is 0.211. The molecule has 26 heavy (non-hydrogen) atoms. The van der Waals surface area contributed by atoms with Gasteiger partial charge in [0.25, 0.3) is 10.0 Å². The van der Waals surface area contributed by atoms with Crippen LogP contribution in [0.3, 0.4) is 0 Å². The molecule has 1 N–H and O–H groups in total. The zero-order valence-corrected chi connectivity index (χ0v) is 15.8. The second-order valence-electron chi connectivity index (χ2n) is 6.13. The first-order valence-corrected chi connectivity index (χ1v) is 9.50. The van der Waals surface area contributed by atoms with Crippen LogP contribution in [0.4, 0.5) is 5.88 Å². The van der Waals surface area contributed by atoms with Crippen LogP contribution >= 0.6 is 0 Å². The maximum absolute atomic E-state index is 12.9. The topological polar surface area (TPSA) is 81.4 Å². The summed E-state index contributed by atoms with van der Waals surface area (Å²) in [6.07, 6.45) is 1.49. The van der Waals surface area contributed by atoms with E-state index in [0.717, 1.165) is 16.7 Å². The average molecular weight is 372 g/mol. The van der Waals surface area contributed by atoms with Crippen molar-refractivity contribution in [3.8, 4) is 16.9 Å². The van der Waals surface area contributed by atoms with E-state index in [2.05, 4.69) is 9.88 Å². The molecule has 3 rings (SSSR count). The molecular formula is C19H20N2O4S. The van der Waals surface area contributed by atoms with E-state index in [1.54, 1.807) is 33.1 Å². The minimum atomic E-state index is -3.84. The highest BCUT2D eigenvalue weighted by Crippen LogP contribution is 2.31. The molecule has 1 aromatic heterocycles. The monoisotopic (exact) mass is 372 g/mol. The van der Waals surface area contributed by atoms with Crippen molar-refractivity contribution in [2.24, 2.45) is 0 Å². The lowest BCUT2D eigenvalue weighted by Gasteiger charge is -2.12. The number of ether oxygens (including phenoxy) is 1. The molecule has 0 unspecified atom stereocenters. The third kappa shape index (κ3) is 3.43. The highest BCUT2D eigenvalue weighted by atomic mass is 32.2. The minimum Gasteiger partial charge on any atom is -0.496 e. The van der Waals surface area contributed by atoms with Crippen LogP contribution in [0.1, 0.15) is 16.7 Å². The van der Waals surface area contributed by atoms with Gasteiger partial charge >= 0.3 is 0 Å². The Morgan fingerprint density at radius 1 is 1.04 bits per heavy atom. The van der Waals surface area contributed by atoms with Gasteiger partial charge in [0.2, 0.25) is 5.88 Å². The predicted octanol–water partition coefficient (Wildman–Crippen LogP) is 4.08. The molecule has 0 aliphatic carbocycles. The molecule has 3 aromatic rings. The summed E-state index contributed by atoms with van der Waals surface area (Å²) < 4.78 is 38.6. The summed E-state index contributed by atoms with van der Waals surface area (Å²) in [6.45, 7) is 5.50. The normalized spacial score (nSPS) is 11.4. The largest absolute Gasteiger partial charge is 0.496 e. The standard InChI is InChI=1S/C19H20N2O4S/c1-12-5-7-15(8-6-12)16-11-20-25-19(16)21-26(22,23)18-10-13(2)17(24-4)9-14(18)3/h5-11,21H,1-4H3. The molecule has 0 spiro atoms. The number of nitrogens with one attached hydrogen (secondary N) is 1. The summed E-state index contributed by atoms with van der Waals surface area (Å²) in [5.74, 6) is 0.725. The Balaban J connectivity index is 1.98. The number of hydrogen-bond donors (Lipinski definition) is 1. The van der Waals surface area contributed by atoms with Gasteiger partial charge in [0.1, 0.15) is 5.75 Å². The number of methoxy groups -OCH3 is 1. The van der Waals surface area contributed by atoms with E-state index >= 15 is 0 Å². The van der Waals surface area contributed by atoms with Crippen molar-refractivity contribution in [1.82, 2.24) is 5.16 Å². The van der Waals surface area contributed by atoms with Crippen molar-refractivity contribution in [3.05, 3.63) is 59.3 Å². The van der Waals surface area contributed by atoms with E-state index in [9.17, 15) is 8.42 Å². The molecule has 0 saturated heterocycles. The van der Waals surface area contributed by atoms with Gasteiger partial charge in [-0.2, -0.15) is 0 Å². The number of aromatic nitrogens is 1. The zero-order valence-electron chi connectivity index (χ0n) is 15.0. The quantitative estimate of drug-likeness (QED) is 0.730. The fourth-order valence-electron chi connectivity index (χ4n) is 2.70. The number of aryl methyl sites for hydroxylation is 3. The van der Waals surface area contributed by atoms with Gasteiger partial charge < -0.3 is 9.26 Å². The lowest BCUT2D eigenvalue weighted by Crippen LogP contribution is -2.15.